The Hall–Kier alpha value is -2.20. The van der Waals surface area contributed by atoms with Crippen LogP contribution < -0.4 is 5.32 Å². The van der Waals surface area contributed by atoms with Gasteiger partial charge in [0.1, 0.15) is 5.01 Å². The number of carbonyl (C=O) groups excluding carboxylic acids is 1. The van der Waals surface area contributed by atoms with Crippen LogP contribution in [0, 0.1) is 0 Å². The van der Waals surface area contributed by atoms with Crippen molar-refractivity contribution < 1.29 is 4.79 Å². The first-order chi connectivity index (χ1) is 11.9. The number of aromatic nitrogens is 1. The standard InChI is InChI=1S/C21H24N2OS/c1-21(2,3)16-11-8-15(9-12-16)10-13-19(24)22-14-20-23-17-6-4-5-7-18(17)25-20/h4-9,11-12H,10,13-14H2,1-3H3,(H,22,24). The maximum atomic E-state index is 12.1. The summed E-state index contributed by atoms with van der Waals surface area (Å²) in [5.41, 5.74) is 3.67. The molecule has 0 spiro atoms. The number of carbonyl (C=O) groups is 1. The second-order valence-electron chi connectivity index (χ2n) is 7.30. The summed E-state index contributed by atoms with van der Waals surface area (Å²) in [5, 5.41) is 3.92. The van der Waals surface area contributed by atoms with Crippen molar-refractivity contribution in [1.82, 2.24) is 10.3 Å². The van der Waals surface area contributed by atoms with Gasteiger partial charge in [0.25, 0.3) is 0 Å². The van der Waals surface area contributed by atoms with Crippen LogP contribution in [0.5, 0.6) is 0 Å². The van der Waals surface area contributed by atoms with Crippen LogP contribution >= 0.6 is 11.3 Å². The summed E-state index contributed by atoms with van der Waals surface area (Å²) < 4.78 is 1.16. The lowest BCUT2D eigenvalue weighted by molar-refractivity contribution is -0.121. The zero-order valence-corrected chi connectivity index (χ0v) is 15.8. The molecule has 3 aromatic rings. The van der Waals surface area contributed by atoms with E-state index >= 15 is 0 Å². The highest BCUT2D eigenvalue weighted by atomic mass is 32.1. The zero-order valence-electron chi connectivity index (χ0n) is 15.0. The third kappa shape index (κ3) is 4.67. The third-order valence-corrected chi connectivity index (χ3v) is 5.27. The van der Waals surface area contributed by atoms with Crippen LogP contribution in [0.15, 0.2) is 48.5 Å². The molecule has 0 radical (unpaired) electrons. The Morgan fingerprint density at radius 3 is 2.48 bits per heavy atom. The molecule has 1 heterocycles. The maximum absolute atomic E-state index is 12.1. The van der Waals surface area contributed by atoms with E-state index in [1.54, 1.807) is 11.3 Å². The topological polar surface area (TPSA) is 42.0 Å². The van der Waals surface area contributed by atoms with Crippen LogP contribution in [0.2, 0.25) is 0 Å². The van der Waals surface area contributed by atoms with Crippen molar-refractivity contribution in [2.24, 2.45) is 0 Å². The molecule has 3 nitrogen and oxygen atoms in total. The normalized spacial score (nSPS) is 11.6. The van der Waals surface area contributed by atoms with Crippen LogP contribution in [-0.4, -0.2) is 10.9 Å². The minimum absolute atomic E-state index is 0.0687. The SMILES string of the molecule is CC(C)(C)c1ccc(CCC(=O)NCc2nc3ccccc3s2)cc1. The van der Waals surface area contributed by atoms with E-state index < -0.39 is 0 Å². The minimum atomic E-state index is 0.0687. The number of benzene rings is 2. The monoisotopic (exact) mass is 352 g/mol. The maximum Gasteiger partial charge on any atom is 0.220 e. The van der Waals surface area contributed by atoms with Gasteiger partial charge in [0.15, 0.2) is 0 Å². The number of hydrogen-bond donors (Lipinski definition) is 1. The van der Waals surface area contributed by atoms with E-state index in [4.69, 9.17) is 0 Å². The number of nitrogens with zero attached hydrogens (tertiary/aromatic N) is 1. The fourth-order valence-electron chi connectivity index (χ4n) is 2.69. The van der Waals surface area contributed by atoms with Gasteiger partial charge in [-0.2, -0.15) is 0 Å². The second kappa shape index (κ2) is 7.36. The molecule has 0 aliphatic rings. The molecule has 130 valence electrons. The number of amides is 1. The van der Waals surface area contributed by atoms with Gasteiger partial charge in [-0.05, 0) is 35.1 Å². The molecule has 1 amide bonds. The molecular weight excluding hydrogens is 328 g/mol. The molecule has 0 atom stereocenters. The van der Waals surface area contributed by atoms with Gasteiger partial charge in [0.2, 0.25) is 5.91 Å². The van der Waals surface area contributed by atoms with Gasteiger partial charge in [-0.3, -0.25) is 4.79 Å². The summed E-state index contributed by atoms with van der Waals surface area (Å²) in [6, 6.07) is 16.6. The molecule has 0 bridgehead atoms. The van der Waals surface area contributed by atoms with Crippen LogP contribution in [0.4, 0.5) is 0 Å². The van der Waals surface area contributed by atoms with Crippen molar-refractivity contribution in [3.05, 3.63) is 64.7 Å². The van der Waals surface area contributed by atoms with Gasteiger partial charge in [-0.25, -0.2) is 4.98 Å². The summed E-state index contributed by atoms with van der Waals surface area (Å²) >= 11 is 1.63. The summed E-state index contributed by atoms with van der Waals surface area (Å²) in [6.45, 7) is 7.12. The van der Waals surface area contributed by atoms with Crippen molar-refractivity contribution in [2.75, 3.05) is 0 Å². The molecule has 1 N–H and O–H groups in total. The Morgan fingerprint density at radius 1 is 1.08 bits per heavy atom. The van der Waals surface area contributed by atoms with E-state index in [-0.39, 0.29) is 11.3 Å². The first-order valence-electron chi connectivity index (χ1n) is 8.62. The first-order valence-corrected chi connectivity index (χ1v) is 9.44. The van der Waals surface area contributed by atoms with Crippen molar-refractivity contribution in [1.29, 1.82) is 0 Å². The van der Waals surface area contributed by atoms with E-state index in [1.807, 2.05) is 18.2 Å². The fourth-order valence-corrected chi connectivity index (χ4v) is 3.59. The zero-order chi connectivity index (χ0) is 17.9. The first kappa shape index (κ1) is 17.6. The molecule has 0 fully saturated rings. The lowest BCUT2D eigenvalue weighted by atomic mass is 9.86. The average molecular weight is 353 g/mol. The van der Waals surface area contributed by atoms with Gasteiger partial charge in [0.05, 0.1) is 16.8 Å². The van der Waals surface area contributed by atoms with E-state index in [0.29, 0.717) is 13.0 Å². The Bertz CT molecular complexity index is 826. The predicted octanol–water partition coefficient (Wildman–Crippen LogP) is 4.84. The summed E-state index contributed by atoms with van der Waals surface area (Å²) in [4.78, 5) is 16.6. The highest BCUT2D eigenvalue weighted by Crippen LogP contribution is 2.23. The van der Waals surface area contributed by atoms with Crippen LogP contribution in [-0.2, 0) is 23.2 Å². The van der Waals surface area contributed by atoms with Crippen molar-refractivity contribution >= 4 is 27.5 Å². The Kier molecular flexibility index (Phi) is 5.19. The predicted molar refractivity (Wildman–Crippen MR) is 105 cm³/mol. The largest absolute Gasteiger partial charge is 0.350 e. The molecule has 1 aromatic heterocycles. The Balaban J connectivity index is 1.49. The molecule has 0 aliphatic carbocycles. The number of para-hydroxylation sites is 1. The third-order valence-electron chi connectivity index (χ3n) is 4.24. The van der Waals surface area contributed by atoms with Crippen molar-refractivity contribution in [3.8, 4) is 0 Å². The van der Waals surface area contributed by atoms with Gasteiger partial charge >= 0.3 is 0 Å². The molecule has 4 heteroatoms. The summed E-state index contributed by atoms with van der Waals surface area (Å²) in [6.07, 6.45) is 1.26. The van der Waals surface area contributed by atoms with Gasteiger partial charge in [-0.1, -0.05) is 57.2 Å². The molecular formula is C21H24N2OS. The quantitative estimate of drug-likeness (QED) is 0.714. The van der Waals surface area contributed by atoms with E-state index in [2.05, 4.69) is 61.4 Å². The second-order valence-corrected chi connectivity index (χ2v) is 8.41. The van der Waals surface area contributed by atoms with E-state index in [9.17, 15) is 4.79 Å². The summed E-state index contributed by atoms with van der Waals surface area (Å²) in [5.74, 6) is 0.0687. The average Bonchev–Trinajstić information content (AvgIpc) is 3.00. The van der Waals surface area contributed by atoms with Crippen LogP contribution in [0.25, 0.3) is 10.2 Å². The highest BCUT2D eigenvalue weighted by molar-refractivity contribution is 7.18. The molecule has 0 saturated heterocycles. The lowest BCUT2D eigenvalue weighted by Crippen LogP contribution is -2.22. The van der Waals surface area contributed by atoms with Crippen LogP contribution in [0.1, 0.15) is 43.3 Å². The minimum Gasteiger partial charge on any atom is -0.350 e. The molecule has 0 unspecified atom stereocenters. The molecule has 25 heavy (non-hydrogen) atoms. The molecule has 3 rings (SSSR count). The number of aryl methyl sites for hydroxylation is 1. The van der Waals surface area contributed by atoms with E-state index in [1.165, 1.54) is 11.1 Å². The number of fused-ring (bicyclic) bond motifs is 1. The highest BCUT2D eigenvalue weighted by Gasteiger charge is 2.13. The number of nitrogens with one attached hydrogen (secondary N) is 1. The Morgan fingerprint density at radius 2 is 1.80 bits per heavy atom. The molecule has 2 aromatic carbocycles. The number of thiazole rings is 1. The van der Waals surface area contributed by atoms with Gasteiger partial charge < -0.3 is 5.32 Å². The molecule has 0 saturated carbocycles. The number of rotatable bonds is 5. The van der Waals surface area contributed by atoms with Gasteiger partial charge in [0, 0.05) is 6.42 Å². The summed E-state index contributed by atoms with van der Waals surface area (Å²) in [7, 11) is 0. The van der Waals surface area contributed by atoms with Crippen LogP contribution in [0.3, 0.4) is 0 Å². The number of hydrogen-bond acceptors (Lipinski definition) is 3. The lowest BCUT2D eigenvalue weighted by Gasteiger charge is -2.19. The van der Waals surface area contributed by atoms with E-state index in [0.717, 1.165) is 21.6 Å². The fraction of sp³-hybridized carbons (Fsp3) is 0.333. The smallest absolute Gasteiger partial charge is 0.220 e. The Labute approximate surface area is 153 Å². The van der Waals surface area contributed by atoms with Crippen molar-refractivity contribution in [2.45, 2.75) is 45.6 Å². The molecule has 0 aliphatic heterocycles. The van der Waals surface area contributed by atoms with Crippen molar-refractivity contribution in [3.63, 3.8) is 0 Å². The van der Waals surface area contributed by atoms with Gasteiger partial charge in [-0.15, -0.1) is 11.3 Å².